The molecule has 1 heterocycles. The maximum absolute atomic E-state index is 12.5. The number of halogens is 3. The summed E-state index contributed by atoms with van der Waals surface area (Å²) in [5.41, 5.74) is 12.1. The molecule has 0 N–H and O–H groups in total. The summed E-state index contributed by atoms with van der Waals surface area (Å²) < 4.78 is 27.8. The highest BCUT2D eigenvalue weighted by molar-refractivity contribution is 6.75. The lowest BCUT2D eigenvalue weighted by Gasteiger charge is -2.44. The Kier molecular flexibility index (Phi) is 11.7. The van der Waals surface area contributed by atoms with Gasteiger partial charge in [-0.05, 0) is 22.2 Å². The number of hydrogen-bond acceptors (Lipinski definition) is 7. The van der Waals surface area contributed by atoms with Crippen LogP contribution in [-0.4, -0.2) is 47.0 Å². The van der Waals surface area contributed by atoms with E-state index in [-0.39, 0.29) is 19.8 Å². The molecule has 0 saturated carbocycles. The van der Waals surface area contributed by atoms with Crippen LogP contribution < -0.4 is 0 Å². The van der Waals surface area contributed by atoms with Crippen molar-refractivity contribution in [3.63, 3.8) is 0 Å². The zero-order chi connectivity index (χ0) is 29.1. The van der Waals surface area contributed by atoms with Crippen molar-refractivity contribution in [1.29, 1.82) is 0 Å². The van der Waals surface area contributed by atoms with Gasteiger partial charge in [-0.1, -0.05) is 131 Å². The van der Waals surface area contributed by atoms with Crippen LogP contribution in [0, 0.1) is 0 Å². The molecule has 12 heteroatoms. The second-order valence-electron chi connectivity index (χ2n) is 9.16. The Morgan fingerprint density at radius 1 is 0.805 bits per heavy atom. The second kappa shape index (κ2) is 15.4. The number of carbonyl (C=O) groups is 1. The smallest absolute Gasteiger partial charge is 0.360 e. The summed E-state index contributed by atoms with van der Waals surface area (Å²) in [5, 5.41) is 3.86. The molecule has 41 heavy (non-hydrogen) atoms. The van der Waals surface area contributed by atoms with Gasteiger partial charge in [0.25, 0.3) is 3.79 Å². The van der Waals surface area contributed by atoms with Crippen LogP contribution >= 0.6 is 34.8 Å². The summed E-state index contributed by atoms with van der Waals surface area (Å²) in [6, 6.07) is 27.4. The molecule has 216 valence electrons. The van der Waals surface area contributed by atoms with Crippen LogP contribution in [0.25, 0.3) is 10.4 Å². The van der Waals surface area contributed by atoms with Crippen molar-refractivity contribution in [2.24, 2.45) is 5.11 Å². The standard InChI is InChI=1S/C29H28Cl3N3O6/c30-29(31,32)28(36)41-27-24(34-35-33)26(39-18-22-14-8-3-9-15-22)25(38-17-21-12-6-2-7-13-21)23(40-27)19-37-16-20-10-4-1-5-11-20/h1-15,23-27H,16-19H2/t23?,24?,25-,26+,27?/m1/s1. The van der Waals surface area contributed by atoms with E-state index in [4.69, 9.17) is 58.5 Å². The van der Waals surface area contributed by atoms with Gasteiger partial charge in [-0.15, -0.1) is 0 Å². The van der Waals surface area contributed by atoms with Crippen LogP contribution in [0.5, 0.6) is 0 Å². The molecule has 1 aliphatic rings. The van der Waals surface area contributed by atoms with E-state index in [0.29, 0.717) is 6.61 Å². The van der Waals surface area contributed by atoms with E-state index in [0.717, 1.165) is 16.7 Å². The second-order valence-corrected chi connectivity index (χ2v) is 11.4. The summed E-state index contributed by atoms with van der Waals surface area (Å²) in [6.45, 7) is 0.679. The third-order valence-corrected chi connectivity index (χ3v) is 6.68. The maximum atomic E-state index is 12.5. The highest BCUT2D eigenvalue weighted by Crippen LogP contribution is 2.34. The number of hydrogen-bond donors (Lipinski definition) is 0. The summed E-state index contributed by atoms with van der Waals surface area (Å²) in [4.78, 5) is 15.5. The Balaban J connectivity index is 1.63. The van der Waals surface area contributed by atoms with Crippen molar-refractivity contribution >= 4 is 40.8 Å². The third kappa shape index (κ3) is 9.33. The van der Waals surface area contributed by atoms with Gasteiger partial charge >= 0.3 is 5.97 Å². The van der Waals surface area contributed by atoms with E-state index in [1.165, 1.54) is 0 Å². The Labute approximate surface area is 252 Å². The molecule has 9 nitrogen and oxygen atoms in total. The van der Waals surface area contributed by atoms with Gasteiger partial charge in [-0.25, -0.2) is 4.79 Å². The first-order chi connectivity index (χ1) is 19.8. The summed E-state index contributed by atoms with van der Waals surface area (Å²) >= 11 is 17.3. The fourth-order valence-corrected chi connectivity index (χ4v) is 4.40. The van der Waals surface area contributed by atoms with Gasteiger partial charge in [0.15, 0.2) is 0 Å². The molecule has 0 amide bonds. The minimum atomic E-state index is -2.38. The van der Waals surface area contributed by atoms with Gasteiger partial charge in [0, 0.05) is 4.91 Å². The van der Waals surface area contributed by atoms with E-state index in [1.807, 2.05) is 91.0 Å². The van der Waals surface area contributed by atoms with E-state index >= 15 is 0 Å². The Morgan fingerprint density at radius 3 is 1.78 bits per heavy atom. The predicted molar refractivity (Wildman–Crippen MR) is 154 cm³/mol. The molecule has 0 radical (unpaired) electrons. The predicted octanol–water partition coefficient (Wildman–Crippen LogP) is 6.69. The first kappa shape index (κ1) is 31.1. The Bertz CT molecular complexity index is 1280. The quantitative estimate of drug-likeness (QED) is 0.0733. The lowest BCUT2D eigenvalue weighted by molar-refractivity contribution is -0.279. The number of alkyl halides is 3. The highest BCUT2D eigenvalue weighted by Gasteiger charge is 2.50. The lowest BCUT2D eigenvalue weighted by atomic mass is 9.96. The number of azide groups is 1. The molecule has 5 atom stereocenters. The molecule has 0 aliphatic carbocycles. The normalized spacial score (nSPS) is 22.5. The summed E-state index contributed by atoms with van der Waals surface area (Å²) in [6.07, 6.45) is -3.99. The van der Waals surface area contributed by atoms with Gasteiger partial charge in [0.05, 0.1) is 26.4 Å². The van der Waals surface area contributed by atoms with Crippen LogP contribution in [0.15, 0.2) is 96.1 Å². The van der Waals surface area contributed by atoms with Gasteiger partial charge < -0.3 is 23.7 Å². The first-order valence-corrected chi connectivity index (χ1v) is 13.9. The number of esters is 1. The molecule has 1 saturated heterocycles. The topological polar surface area (TPSA) is 112 Å². The van der Waals surface area contributed by atoms with Crippen molar-refractivity contribution < 1.29 is 28.5 Å². The van der Waals surface area contributed by atoms with E-state index in [2.05, 4.69) is 10.0 Å². The van der Waals surface area contributed by atoms with E-state index < -0.39 is 40.4 Å². The lowest BCUT2D eigenvalue weighted by Crippen LogP contribution is -2.61. The van der Waals surface area contributed by atoms with Crippen molar-refractivity contribution in [3.8, 4) is 0 Å². The van der Waals surface area contributed by atoms with Gasteiger partial charge in [0.2, 0.25) is 6.29 Å². The maximum Gasteiger partial charge on any atom is 0.360 e. The zero-order valence-corrected chi connectivity index (χ0v) is 24.1. The molecule has 0 bridgehead atoms. The highest BCUT2D eigenvalue weighted by atomic mass is 35.6. The Hall–Kier alpha value is -2.85. The Morgan fingerprint density at radius 2 is 1.29 bits per heavy atom. The van der Waals surface area contributed by atoms with Gasteiger partial charge in [-0.3, -0.25) is 0 Å². The number of ether oxygens (including phenoxy) is 5. The number of nitrogens with zero attached hydrogens (tertiary/aromatic N) is 3. The van der Waals surface area contributed by atoms with Crippen LogP contribution in [0.4, 0.5) is 0 Å². The molecule has 3 unspecified atom stereocenters. The summed E-state index contributed by atoms with van der Waals surface area (Å²) in [5.74, 6) is -1.19. The molecule has 1 fully saturated rings. The van der Waals surface area contributed by atoms with Crippen LogP contribution in [-0.2, 0) is 48.3 Å². The monoisotopic (exact) mass is 619 g/mol. The van der Waals surface area contributed by atoms with Crippen LogP contribution in [0.2, 0.25) is 0 Å². The molecule has 3 aromatic rings. The van der Waals surface area contributed by atoms with Crippen molar-refractivity contribution in [2.45, 2.75) is 54.3 Å². The van der Waals surface area contributed by atoms with Crippen LogP contribution in [0.1, 0.15) is 16.7 Å². The molecular weight excluding hydrogens is 593 g/mol. The molecule has 0 aromatic heterocycles. The molecule has 0 spiro atoms. The molecule has 3 aromatic carbocycles. The SMILES string of the molecule is [N-]=[N+]=NC1C(OC(=O)C(Cl)(Cl)Cl)OC(COCc2ccccc2)[C@@H](OCc2ccccc2)[C@H]1OCc1ccccc1. The van der Waals surface area contributed by atoms with E-state index in [9.17, 15) is 10.3 Å². The minimum absolute atomic E-state index is 0.0321. The van der Waals surface area contributed by atoms with Crippen molar-refractivity contribution in [2.75, 3.05) is 6.61 Å². The summed E-state index contributed by atoms with van der Waals surface area (Å²) in [7, 11) is 0. The fraction of sp³-hybridized carbons (Fsp3) is 0.345. The van der Waals surface area contributed by atoms with Gasteiger partial charge in [-0.2, -0.15) is 0 Å². The van der Waals surface area contributed by atoms with Crippen LogP contribution in [0.3, 0.4) is 0 Å². The number of carbonyl (C=O) groups excluding carboxylic acids is 1. The number of rotatable bonds is 12. The average Bonchev–Trinajstić information content (AvgIpc) is 2.98. The minimum Gasteiger partial charge on any atom is -0.432 e. The van der Waals surface area contributed by atoms with Crippen molar-refractivity contribution in [1.82, 2.24) is 0 Å². The molecule has 4 rings (SSSR count). The largest absolute Gasteiger partial charge is 0.432 e. The molecule has 1 aliphatic heterocycles. The van der Waals surface area contributed by atoms with Crippen molar-refractivity contribution in [3.05, 3.63) is 118 Å². The molecular formula is C29H28Cl3N3O6. The van der Waals surface area contributed by atoms with Gasteiger partial charge in [0.1, 0.15) is 24.4 Å². The first-order valence-electron chi connectivity index (χ1n) is 12.8. The third-order valence-electron chi connectivity index (χ3n) is 6.22. The van der Waals surface area contributed by atoms with E-state index in [1.54, 1.807) is 0 Å². The number of benzene rings is 3. The fourth-order valence-electron chi connectivity index (χ4n) is 4.27. The average molecular weight is 621 g/mol. The zero-order valence-electron chi connectivity index (χ0n) is 21.8.